The van der Waals surface area contributed by atoms with Crippen LogP contribution >= 0.6 is 22.6 Å². The molecule has 0 aromatic carbocycles. The van der Waals surface area contributed by atoms with E-state index in [0.717, 1.165) is 25.7 Å². The molecule has 0 N–H and O–H groups in total. The Morgan fingerprint density at radius 2 is 2.33 bits per heavy atom. The molecular formula is C12H19IO2. The molecule has 2 nitrogen and oxygen atoms in total. The first kappa shape index (κ1) is 13.0. The summed E-state index contributed by atoms with van der Waals surface area (Å²) in [4.78, 5) is 11.9. The highest BCUT2D eigenvalue weighted by atomic mass is 127. The van der Waals surface area contributed by atoms with Gasteiger partial charge in [0.05, 0.1) is 5.41 Å². The molecule has 1 rings (SSSR count). The number of rotatable bonds is 3. The van der Waals surface area contributed by atoms with Gasteiger partial charge in [-0.2, -0.15) is 0 Å². The van der Waals surface area contributed by atoms with Crippen LogP contribution in [0, 0.1) is 5.41 Å². The Labute approximate surface area is 106 Å². The minimum Gasteiger partial charge on any atom is -0.457 e. The van der Waals surface area contributed by atoms with Gasteiger partial charge >= 0.3 is 5.97 Å². The first-order chi connectivity index (χ1) is 6.97. The van der Waals surface area contributed by atoms with Crippen molar-refractivity contribution in [2.75, 3.05) is 0 Å². The number of halogens is 1. The molecule has 1 atom stereocenters. The van der Waals surface area contributed by atoms with Crippen LogP contribution in [0.25, 0.3) is 0 Å². The largest absolute Gasteiger partial charge is 0.457 e. The highest BCUT2D eigenvalue weighted by Gasteiger charge is 2.30. The van der Waals surface area contributed by atoms with Crippen LogP contribution in [0.4, 0.5) is 0 Å². The predicted molar refractivity (Wildman–Crippen MR) is 69.9 cm³/mol. The molecule has 1 aliphatic carbocycles. The minimum atomic E-state index is -0.353. The van der Waals surface area contributed by atoms with E-state index < -0.39 is 0 Å². The number of allylic oxidation sites excluding steroid dienone is 1. The molecule has 0 amide bonds. The third kappa shape index (κ3) is 3.47. The highest BCUT2D eigenvalue weighted by Crippen LogP contribution is 2.29. The fourth-order valence-corrected chi connectivity index (χ4v) is 2.11. The van der Waals surface area contributed by atoms with E-state index in [9.17, 15) is 4.79 Å². The van der Waals surface area contributed by atoms with Gasteiger partial charge in [-0.05, 0) is 62.1 Å². The fourth-order valence-electron chi connectivity index (χ4n) is 1.36. The maximum atomic E-state index is 11.9. The van der Waals surface area contributed by atoms with Crippen LogP contribution in [0.1, 0.15) is 46.5 Å². The Bertz CT molecular complexity index is 269. The summed E-state index contributed by atoms with van der Waals surface area (Å²) in [6.07, 6.45) is 6.21. The molecule has 0 aromatic heterocycles. The van der Waals surface area contributed by atoms with E-state index in [-0.39, 0.29) is 17.5 Å². The molecule has 0 bridgehead atoms. The lowest BCUT2D eigenvalue weighted by atomic mass is 9.90. The van der Waals surface area contributed by atoms with E-state index in [1.165, 1.54) is 3.58 Å². The summed E-state index contributed by atoms with van der Waals surface area (Å²) in [6, 6.07) is 0. The zero-order chi connectivity index (χ0) is 11.5. The average Bonchev–Trinajstić information content (AvgIpc) is 2.21. The molecular weight excluding hydrogens is 303 g/mol. The van der Waals surface area contributed by atoms with Crippen LogP contribution in [0.2, 0.25) is 0 Å². The van der Waals surface area contributed by atoms with Gasteiger partial charge in [-0.3, -0.25) is 4.79 Å². The van der Waals surface area contributed by atoms with Gasteiger partial charge in [0.25, 0.3) is 0 Å². The summed E-state index contributed by atoms with van der Waals surface area (Å²) in [5, 5.41) is 0. The zero-order valence-corrected chi connectivity index (χ0v) is 11.8. The number of hydrogen-bond acceptors (Lipinski definition) is 2. The Morgan fingerprint density at radius 1 is 1.67 bits per heavy atom. The Morgan fingerprint density at radius 3 is 2.87 bits per heavy atom. The molecule has 0 radical (unpaired) electrons. The van der Waals surface area contributed by atoms with Crippen molar-refractivity contribution in [3.05, 3.63) is 9.66 Å². The summed E-state index contributed by atoms with van der Waals surface area (Å²) in [5.74, 6) is -0.0699. The van der Waals surface area contributed by atoms with Gasteiger partial charge in [-0.15, -0.1) is 0 Å². The highest BCUT2D eigenvalue weighted by molar-refractivity contribution is 14.1. The van der Waals surface area contributed by atoms with Crippen LogP contribution in [-0.2, 0) is 9.53 Å². The normalized spacial score (nSPS) is 22.1. The van der Waals surface area contributed by atoms with Crippen molar-refractivity contribution in [2.45, 2.75) is 52.6 Å². The van der Waals surface area contributed by atoms with Crippen molar-refractivity contribution < 1.29 is 9.53 Å². The van der Waals surface area contributed by atoms with E-state index in [0.29, 0.717) is 0 Å². The van der Waals surface area contributed by atoms with Crippen molar-refractivity contribution in [2.24, 2.45) is 5.41 Å². The van der Waals surface area contributed by atoms with Crippen molar-refractivity contribution in [1.82, 2.24) is 0 Å². The first-order valence-electron chi connectivity index (χ1n) is 5.54. The van der Waals surface area contributed by atoms with E-state index in [2.05, 4.69) is 28.7 Å². The molecule has 0 aliphatic heterocycles. The second kappa shape index (κ2) is 5.32. The molecule has 86 valence electrons. The third-order valence-corrected chi connectivity index (χ3v) is 4.14. The summed E-state index contributed by atoms with van der Waals surface area (Å²) in [7, 11) is 0. The summed E-state index contributed by atoms with van der Waals surface area (Å²) >= 11 is 2.28. The smallest absolute Gasteiger partial charge is 0.312 e. The number of carbonyl (C=O) groups is 1. The van der Waals surface area contributed by atoms with E-state index >= 15 is 0 Å². The van der Waals surface area contributed by atoms with E-state index in [4.69, 9.17) is 4.74 Å². The fraction of sp³-hybridized carbons (Fsp3) is 0.750. The van der Waals surface area contributed by atoms with E-state index in [1.54, 1.807) is 0 Å². The number of carbonyl (C=O) groups excluding carboxylic acids is 1. The molecule has 1 unspecified atom stereocenters. The molecule has 0 spiro atoms. The van der Waals surface area contributed by atoms with Crippen molar-refractivity contribution in [1.29, 1.82) is 0 Å². The van der Waals surface area contributed by atoms with E-state index in [1.807, 2.05) is 20.8 Å². The summed E-state index contributed by atoms with van der Waals surface area (Å²) in [5.41, 5.74) is -0.353. The average molecular weight is 322 g/mol. The summed E-state index contributed by atoms with van der Waals surface area (Å²) in [6.45, 7) is 5.90. The molecule has 0 aromatic rings. The Kier molecular flexibility index (Phi) is 4.62. The standard InChI is InChI=1S/C12H19IO2/c1-4-12(2,3)11(14)15-10-8-6-5-7-9(10)13/h7,10H,4-6,8H2,1-3H3. The van der Waals surface area contributed by atoms with Gasteiger partial charge < -0.3 is 4.74 Å². The third-order valence-electron chi connectivity index (χ3n) is 3.00. The van der Waals surface area contributed by atoms with Gasteiger partial charge in [-0.25, -0.2) is 0 Å². The lowest BCUT2D eigenvalue weighted by Crippen LogP contribution is -2.31. The van der Waals surface area contributed by atoms with Gasteiger partial charge in [0.1, 0.15) is 6.10 Å². The molecule has 0 saturated carbocycles. The maximum absolute atomic E-state index is 11.9. The molecule has 1 aliphatic rings. The van der Waals surface area contributed by atoms with Crippen LogP contribution in [0.5, 0.6) is 0 Å². The maximum Gasteiger partial charge on any atom is 0.312 e. The van der Waals surface area contributed by atoms with Crippen molar-refractivity contribution in [3.63, 3.8) is 0 Å². The molecule has 0 fully saturated rings. The summed E-state index contributed by atoms with van der Waals surface area (Å²) < 4.78 is 6.72. The SMILES string of the molecule is CCC(C)(C)C(=O)OC1CCCC=C1I. The Balaban J connectivity index is 2.58. The van der Waals surface area contributed by atoms with Crippen LogP contribution < -0.4 is 0 Å². The predicted octanol–water partition coefficient (Wildman–Crippen LogP) is 3.84. The number of hydrogen-bond donors (Lipinski definition) is 0. The second-order valence-electron chi connectivity index (χ2n) is 4.65. The van der Waals surface area contributed by atoms with Crippen molar-refractivity contribution in [3.8, 4) is 0 Å². The lowest BCUT2D eigenvalue weighted by molar-refractivity contribution is -0.158. The molecule has 3 heteroatoms. The molecule has 0 saturated heterocycles. The Hall–Kier alpha value is -0.0600. The van der Waals surface area contributed by atoms with Crippen LogP contribution in [0.15, 0.2) is 9.66 Å². The van der Waals surface area contributed by atoms with Crippen LogP contribution in [-0.4, -0.2) is 12.1 Å². The second-order valence-corrected chi connectivity index (χ2v) is 5.90. The minimum absolute atomic E-state index is 0.0117. The van der Waals surface area contributed by atoms with Gasteiger partial charge in [0.2, 0.25) is 0 Å². The van der Waals surface area contributed by atoms with Gasteiger partial charge in [-0.1, -0.05) is 13.0 Å². The van der Waals surface area contributed by atoms with Gasteiger partial charge in [0, 0.05) is 3.58 Å². The van der Waals surface area contributed by atoms with Crippen molar-refractivity contribution >= 4 is 28.6 Å². The first-order valence-corrected chi connectivity index (χ1v) is 6.62. The number of esters is 1. The molecule has 15 heavy (non-hydrogen) atoms. The zero-order valence-electron chi connectivity index (χ0n) is 9.68. The lowest BCUT2D eigenvalue weighted by Gasteiger charge is -2.26. The van der Waals surface area contributed by atoms with Crippen LogP contribution in [0.3, 0.4) is 0 Å². The van der Waals surface area contributed by atoms with Gasteiger partial charge in [0.15, 0.2) is 0 Å². The quantitative estimate of drug-likeness (QED) is 0.583. The monoisotopic (exact) mass is 322 g/mol. The molecule has 0 heterocycles. The number of ether oxygens (including phenoxy) is 1. The topological polar surface area (TPSA) is 26.3 Å².